The number of nitrogens with one attached hydrogen (secondary N) is 1. The van der Waals surface area contributed by atoms with Crippen molar-refractivity contribution in [3.8, 4) is 0 Å². The molecule has 2 saturated heterocycles. The molecule has 4 rings (SSSR count). The Bertz CT molecular complexity index is 1010. The van der Waals surface area contributed by atoms with Crippen molar-refractivity contribution < 1.29 is 9.59 Å². The number of carbonyl (C=O) groups excluding carboxylic acids is 2. The molecule has 0 bridgehead atoms. The van der Waals surface area contributed by atoms with Crippen molar-refractivity contribution in [1.29, 1.82) is 0 Å². The van der Waals surface area contributed by atoms with E-state index < -0.39 is 11.8 Å². The maximum Gasteiger partial charge on any atom is 0.270 e. The van der Waals surface area contributed by atoms with Crippen LogP contribution in [0.3, 0.4) is 0 Å². The van der Waals surface area contributed by atoms with E-state index in [2.05, 4.69) is 15.2 Å². The standard InChI is InChI=1S/C19H16Cl2N4O2S2/c20-11-4-6-12(7-5-11)25-17(27)13(16(26)23-18(25)28)10-14-15(21)22-19(29-14)24-8-2-1-3-9-24/h4-7,10H,1-3,8-9H2,(H,23,26,28)/b13-10+. The minimum absolute atomic E-state index is 0.0175. The van der Waals surface area contributed by atoms with E-state index in [0.717, 1.165) is 31.1 Å². The number of nitrogens with zero attached hydrogens (tertiary/aromatic N) is 3. The molecule has 3 heterocycles. The number of thiazole rings is 1. The highest BCUT2D eigenvalue weighted by atomic mass is 35.5. The Morgan fingerprint density at radius 3 is 2.48 bits per heavy atom. The second-order valence-corrected chi connectivity index (χ2v) is 8.82. The Kier molecular flexibility index (Phi) is 5.87. The van der Waals surface area contributed by atoms with E-state index in [-0.39, 0.29) is 15.8 Å². The summed E-state index contributed by atoms with van der Waals surface area (Å²) < 4.78 is 0. The summed E-state index contributed by atoms with van der Waals surface area (Å²) in [5.74, 6) is -1.08. The summed E-state index contributed by atoms with van der Waals surface area (Å²) in [5.41, 5.74) is 0.462. The third kappa shape index (κ3) is 4.16. The zero-order valence-corrected chi connectivity index (χ0v) is 18.3. The van der Waals surface area contributed by atoms with Crippen molar-refractivity contribution in [2.45, 2.75) is 19.3 Å². The number of carbonyl (C=O) groups is 2. The number of halogens is 2. The summed E-state index contributed by atoms with van der Waals surface area (Å²) in [6.45, 7) is 1.86. The molecule has 6 nitrogen and oxygen atoms in total. The van der Waals surface area contributed by atoms with Gasteiger partial charge < -0.3 is 4.90 Å². The lowest BCUT2D eigenvalue weighted by Gasteiger charge is -2.28. The zero-order chi connectivity index (χ0) is 20.5. The molecule has 1 aromatic heterocycles. The van der Waals surface area contributed by atoms with Gasteiger partial charge in [0.15, 0.2) is 10.2 Å². The van der Waals surface area contributed by atoms with Gasteiger partial charge >= 0.3 is 0 Å². The first-order valence-electron chi connectivity index (χ1n) is 9.02. The first kappa shape index (κ1) is 20.3. The van der Waals surface area contributed by atoms with Crippen molar-refractivity contribution in [3.05, 3.63) is 44.9 Å². The number of rotatable bonds is 3. The molecule has 1 aromatic carbocycles. The Labute approximate surface area is 187 Å². The third-order valence-corrected chi connectivity index (χ3v) is 6.69. The third-order valence-electron chi connectivity index (χ3n) is 4.69. The highest BCUT2D eigenvalue weighted by Crippen LogP contribution is 2.34. The number of hydrogen-bond donors (Lipinski definition) is 1. The van der Waals surface area contributed by atoms with Crippen molar-refractivity contribution in [3.63, 3.8) is 0 Å². The first-order chi connectivity index (χ1) is 13.9. The van der Waals surface area contributed by atoms with Gasteiger partial charge in [0.2, 0.25) is 0 Å². The van der Waals surface area contributed by atoms with Crippen LogP contribution < -0.4 is 15.1 Å². The van der Waals surface area contributed by atoms with Crippen molar-refractivity contribution >= 4 is 80.6 Å². The van der Waals surface area contributed by atoms with Crippen LogP contribution in [-0.2, 0) is 9.59 Å². The predicted octanol–water partition coefficient (Wildman–Crippen LogP) is 4.27. The van der Waals surface area contributed by atoms with Crippen LogP contribution in [0.15, 0.2) is 29.8 Å². The minimum atomic E-state index is -0.561. The fraction of sp³-hybridized carbons (Fsp3) is 0.263. The molecular weight excluding hydrogens is 451 g/mol. The highest BCUT2D eigenvalue weighted by molar-refractivity contribution is 7.80. The van der Waals surface area contributed by atoms with Gasteiger partial charge in [0, 0.05) is 18.1 Å². The van der Waals surface area contributed by atoms with E-state index in [4.69, 9.17) is 35.4 Å². The molecule has 0 atom stereocenters. The fourth-order valence-corrected chi connectivity index (χ4v) is 4.88. The number of anilines is 2. The van der Waals surface area contributed by atoms with Gasteiger partial charge in [-0.2, -0.15) is 0 Å². The van der Waals surface area contributed by atoms with E-state index in [1.54, 1.807) is 24.3 Å². The SMILES string of the molecule is O=C1NC(=S)N(c2ccc(Cl)cc2)C(=O)/C1=C/c1sc(N2CCCCC2)nc1Cl. The number of benzene rings is 1. The average Bonchev–Trinajstić information content (AvgIpc) is 3.07. The normalized spacial score (nSPS) is 19.1. The van der Waals surface area contributed by atoms with E-state index >= 15 is 0 Å². The van der Waals surface area contributed by atoms with Crippen LogP contribution in [0.4, 0.5) is 10.8 Å². The quantitative estimate of drug-likeness (QED) is 0.415. The van der Waals surface area contributed by atoms with Gasteiger partial charge in [-0.1, -0.05) is 34.5 Å². The maximum absolute atomic E-state index is 13.1. The van der Waals surface area contributed by atoms with Gasteiger partial charge in [-0.05, 0) is 61.8 Å². The molecule has 2 aliphatic rings. The number of thiocarbonyl (C=S) groups is 1. The maximum atomic E-state index is 13.1. The Morgan fingerprint density at radius 2 is 1.79 bits per heavy atom. The summed E-state index contributed by atoms with van der Waals surface area (Å²) in [6.07, 6.45) is 4.92. The summed E-state index contributed by atoms with van der Waals surface area (Å²) >= 11 is 18.8. The monoisotopic (exact) mass is 466 g/mol. The Balaban J connectivity index is 1.66. The van der Waals surface area contributed by atoms with Crippen LogP contribution in [0.2, 0.25) is 10.2 Å². The van der Waals surface area contributed by atoms with Crippen LogP contribution >= 0.6 is 46.8 Å². The van der Waals surface area contributed by atoms with Crippen molar-refractivity contribution in [2.24, 2.45) is 0 Å². The van der Waals surface area contributed by atoms with Crippen LogP contribution in [0.25, 0.3) is 6.08 Å². The smallest absolute Gasteiger partial charge is 0.270 e. The van der Waals surface area contributed by atoms with Crippen molar-refractivity contribution in [2.75, 3.05) is 22.9 Å². The number of amides is 2. The summed E-state index contributed by atoms with van der Waals surface area (Å²) in [5, 5.41) is 4.18. The Hall–Kier alpha value is -2.00. The van der Waals surface area contributed by atoms with E-state index in [0.29, 0.717) is 15.6 Å². The van der Waals surface area contributed by atoms with E-state index in [9.17, 15) is 9.59 Å². The molecule has 0 spiro atoms. The lowest BCUT2D eigenvalue weighted by Crippen LogP contribution is -2.54. The molecule has 2 aliphatic heterocycles. The molecule has 1 N–H and O–H groups in total. The molecular formula is C19H16Cl2N4O2S2. The number of piperidine rings is 1. The lowest BCUT2D eigenvalue weighted by atomic mass is 10.1. The second kappa shape index (κ2) is 8.39. The minimum Gasteiger partial charge on any atom is -0.348 e. The fourth-order valence-electron chi connectivity index (χ4n) is 3.23. The van der Waals surface area contributed by atoms with Crippen LogP contribution in [-0.4, -0.2) is 35.0 Å². The highest BCUT2D eigenvalue weighted by Gasteiger charge is 2.35. The zero-order valence-electron chi connectivity index (χ0n) is 15.2. The molecule has 150 valence electrons. The lowest BCUT2D eigenvalue weighted by molar-refractivity contribution is -0.122. The number of hydrogen-bond acceptors (Lipinski definition) is 6. The number of aromatic nitrogens is 1. The topological polar surface area (TPSA) is 65.5 Å². The van der Waals surface area contributed by atoms with Gasteiger partial charge in [-0.15, -0.1) is 0 Å². The predicted molar refractivity (Wildman–Crippen MR) is 121 cm³/mol. The molecule has 0 saturated carbocycles. The molecule has 2 amide bonds. The summed E-state index contributed by atoms with van der Waals surface area (Å²) in [4.78, 5) is 34.0. The molecule has 2 fully saturated rings. The molecule has 2 aromatic rings. The van der Waals surface area contributed by atoms with Gasteiger partial charge in [-0.25, -0.2) is 4.98 Å². The van der Waals surface area contributed by atoms with Crippen molar-refractivity contribution in [1.82, 2.24) is 10.3 Å². The van der Waals surface area contributed by atoms with E-state index in [1.807, 2.05) is 0 Å². The van der Waals surface area contributed by atoms with Gasteiger partial charge in [0.1, 0.15) is 10.7 Å². The van der Waals surface area contributed by atoms with Crippen LogP contribution in [0, 0.1) is 0 Å². The Morgan fingerprint density at radius 1 is 1.10 bits per heavy atom. The molecule has 10 heteroatoms. The average molecular weight is 467 g/mol. The molecule has 0 aliphatic carbocycles. The van der Waals surface area contributed by atoms with Crippen LogP contribution in [0.5, 0.6) is 0 Å². The van der Waals surface area contributed by atoms with Gasteiger partial charge in [-0.3, -0.25) is 19.8 Å². The van der Waals surface area contributed by atoms with Crippen LogP contribution in [0.1, 0.15) is 24.1 Å². The molecule has 29 heavy (non-hydrogen) atoms. The summed E-state index contributed by atoms with van der Waals surface area (Å²) in [7, 11) is 0. The first-order valence-corrected chi connectivity index (χ1v) is 11.0. The van der Waals surface area contributed by atoms with Gasteiger partial charge in [0.05, 0.1) is 10.6 Å². The molecule has 0 unspecified atom stereocenters. The summed E-state index contributed by atoms with van der Waals surface area (Å²) in [6, 6.07) is 6.63. The van der Waals surface area contributed by atoms with Gasteiger partial charge in [0.25, 0.3) is 11.8 Å². The molecule has 0 radical (unpaired) electrons. The van der Waals surface area contributed by atoms with E-state index in [1.165, 1.54) is 28.7 Å². The largest absolute Gasteiger partial charge is 0.348 e. The second-order valence-electron chi connectivity index (χ2n) is 6.63.